The van der Waals surface area contributed by atoms with Crippen LogP contribution in [0.1, 0.15) is 48.7 Å². The van der Waals surface area contributed by atoms with Crippen molar-refractivity contribution in [2.75, 3.05) is 30.5 Å². The van der Waals surface area contributed by atoms with Gasteiger partial charge in [-0.3, -0.25) is 19.3 Å². The lowest BCUT2D eigenvalue weighted by Gasteiger charge is -2.49. The lowest BCUT2D eigenvalue weighted by atomic mass is 9.77. The van der Waals surface area contributed by atoms with Gasteiger partial charge in [-0.15, -0.1) is 46.2 Å². The first kappa shape index (κ1) is 51.6. The molecular formula is C55H48FN5O9S4. The predicted molar refractivity (Wildman–Crippen MR) is 287 cm³/mol. The Morgan fingerprint density at radius 2 is 1.51 bits per heavy atom. The van der Waals surface area contributed by atoms with Gasteiger partial charge >= 0.3 is 11.9 Å². The number of fused-ring (bicyclic) bond motifs is 2. The molecule has 19 heteroatoms. The number of aromatic nitrogens is 1. The van der Waals surface area contributed by atoms with Crippen LogP contribution in [0.2, 0.25) is 0 Å². The highest BCUT2D eigenvalue weighted by atomic mass is 32.2. The minimum atomic E-state index is -1.14. The summed E-state index contributed by atoms with van der Waals surface area (Å²) in [6.45, 7) is 4.39. The summed E-state index contributed by atoms with van der Waals surface area (Å²) in [6, 6.07) is 41.0. The fraction of sp³-hybridized carbons (Fsp3) is 0.218. The zero-order valence-electron chi connectivity index (χ0n) is 40.4. The normalized spacial score (nSPS) is 15.7. The van der Waals surface area contributed by atoms with Gasteiger partial charge in [0.25, 0.3) is 11.8 Å². The molecular weight excluding hydrogens is 1020 g/mol. The molecule has 0 spiro atoms. The number of hydrogen-bond acceptors (Lipinski definition) is 16. The second-order valence-electron chi connectivity index (χ2n) is 17.9. The molecule has 378 valence electrons. The molecule has 0 aliphatic carbocycles. The van der Waals surface area contributed by atoms with Crippen LogP contribution in [-0.4, -0.2) is 81.6 Å². The molecule has 74 heavy (non-hydrogen) atoms. The predicted octanol–water partition coefficient (Wildman–Crippen LogP) is 9.52. The van der Waals surface area contributed by atoms with Gasteiger partial charge in [-0.1, -0.05) is 108 Å². The Balaban J connectivity index is 1.00. The van der Waals surface area contributed by atoms with E-state index in [-0.39, 0.29) is 40.6 Å². The van der Waals surface area contributed by atoms with Gasteiger partial charge in [0.15, 0.2) is 16.3 Å². The van der Waals surface area contributed by atoms with Gasteiger partial charge in [0, 0.05) is 33.0 Å². The van der Waals surface area contributed by atoms with Crippen molar-refractivity contribution in [3.63, 3.8) is 0 Å². The van der Waals surface area contributed by atoms with E-state index in [0.717, 1.165) is 16.7 Å². The van der Waals surface area contributed by atoms with Crippen LogP contribution in [0.25, 0.3) is 10.1 Å². The number of β-lactam (4-membered cyclic amide) rings is 1. The molecule has 14 nitrogen and oxygen atoms in total. The Bertz CT molecular complexity index is 3230. The topological polar surface area (TPSA) is 175 Å². The lowest BCUT2D eigenvalue weighted by molar-refractivity contribution is -0.160. The van der Waals surface area contributed by atoms with Gasteiger partial charge in [-0.05, 0) is 78.9 Å². The quantitative estimate of drug-likeness (QED) is 0.0208. The van der Waals surface area contributed by atoms with Crippen LogP contribution in [0.5, 0.6) is 5.75 Å². The van der Waals surface area contributed by atoms with E-state index in [2.05, 4.69) is 15.8 Å². The summed E-state index contributed by atoms with van der Waals surface area (Å²) in [7, 11) is 1.55. The summed E-state index contributed by atoms with van der Waals surface area (Å²) in [5.41, 5.74) is 1.73. The number of hydrogen-bond donors (Lipinski definition) is 2. The maximum Gasteiger partial charge on any atom is 0.355 e. The highest BCUT2D eigenvalue weighted by molar-refractivity contribution is 8.02. The molecule has 4 heterocycles. The Morgan fingerprint density at radius 3 is 2.14 bits per heavy atom. The van der Waals surface area contributed by atoms with Crippen LogP contribution >= 0.6 is 46.2 Å². The number of nitrogens with zero attached hydrogens (tertiary/aromatic N) is 3. The Hall–Kier alpha value is -7.32. The zero-order chi connectivity index (χ0) is 52.0. The van der Waals surface area contributed by atoms with Gasteiger partial charge in [0.2, 0.25) is 6.61 Å². The number of methoxy groups -OCH3 is 1. The molecule has 1 unspecified atom stereocenters. The van der Waals surface area contributed by atoms with Crippen molar-refractivity contribution in [3.05, 3.63) is 200 Å². The molecule has 2 aliphatic heterocycles. The van der Waals surface area contributed by atoms with Gasteiger partial charge in [0.05, 0.1) is 11.3 Å². The Morgan fingerprint density at radius 1 is 0.865 bits per heavy atom. The van der Waals surface area contributed by atoms with Crippen molar-refractivity contribution in [3.8, 4) is 5.75 Å². The first-order valence-electron chi connectivity index (χ1n) is 23.2. The van der Waals surface area contributed by atoms with Gasteiger partial charge in [-0.2, -0.15) is 0 Å². The smallest absolute Gasteiger partial charge is 0.355 e. The van der Waals surface area contributed by atoms with Crippen LogP contribution in [0.15, 0.2) is 170 Å². The third-order valence-electron chi connectivity index (χ3n) is 11.7. The zero-order valence-corrected chi connectivity index (χ0v) is 43.6. The van der Waals surface area contributed by atoms with Crippen molar-refractivity contribution in [2.45, 2.75) is 54.1 Å². The number of anilines is 1. The van der Waals surface area contributed by atoms with E-state index in [9.17, 15) is 28.4 Å². The highest BCUT2D eigenvalue weighted by Crippen LogP contribution is 2.44. The van der Waals surface area contributed by atoms with E-state index in [0.29, 0.717) is 36.3 Å². The summed E-state index contributed by atoms with van der Waals surface area (Å²) in [6.07, 6.45) is 0. The number of thiazole rings is 1. The number of rotatable bonds is 18. The molecule has 2 N–H and O–H groups in total. The van der Waals surface area contributed by atoms with Gasteiger partial charge in [-0.25, -0.2) is 19.0 Å². The molecule has 1 saturated heterocycles. The van der Waals surface area contributed by atoms with E-state index < -0.39 is 58.7 Å². The van der Waals surface area contributed by atoms with Crippen molar-refractivity contribution in [1.29, 1.82) is 0 Å². The molecule has 2 amide bonds. The second kappa shape index (κ2) is 22.4. The lowest BCUT2D eigenvalue weighted by Crippen LogP contribution is -2.71. The average Bonchev–Trinajstić information content (AvgIpc) is 3.88. The van der Waals surface area contributed by atoms with Crippen molar-refractivity contribution in [2.24, 2.45) is 5.16 Å². The van der Waals surface area contributed by atoms with E-state index in [4.69, 9.17) is 24.0 Å². The minimum absolute atomic E-state index is 0.0213. The monoisotopic (exact) mass is 1070 g/mol. The average molecular weight is 1070 g/mol. The molecule has 7 aromatic rings. The van der Waals surface area contributed by atoms with E-state index in [1.165, 1.54) is 75.4 Å². The standard InChI is InChI=1S/C55H48FN5O9S4/c1-54(2,3)70-44(63)29-69-60-46(41-32-73-53(57-41)59-55(35-14-8-5-9-15-35,36-16-10-6-11-17-36)37-18-12-7-13-19-37)49(64)58-47-50(65)61-48(52(66)68-28-33-20-23-39(67-4)24-21-33)34(31-72-51(47)61)30-71-45-27-42(62)40-25-22-38(56)26-43(40)74-45/h5-27,32,47,51H,28-31H2,1-4H3,(H,57,59)(H,58,64)/b60-46-/t47?,51-/m0/s1. The minimum Gasteiger partial charge on any atom is -0.497 e. The number of halogens is 1. The van der Waals surface area contributed by atoms with Crippen LogP contribution in [0.3, 0.4) is 0 Å². The number of amides is 2. The number of benzene rings is 5. The molecule has 0 saturated carbocycles. The van der Waals surface area contributed by atoms with Crippen LogP contribution < -0.4 is 20.8 Å². The van der Waals surface area contributed by atoms with Crippen molar-refractivity contribution < 1.29 is 42.6 Å². The SMILES string of the molecule is COc1ccc(COC(=O)C2=C(CSc3cc(=O)c4ccc(F)cc4s3)CS[C@H]3C(NC(=O)/C(=N\OCC(=O)OC(C)(C)C)c4csc(NC(c5ccccc5)(c5ccccc5)c5ccccc5)n4)C(=O)N23)cc1. The van der Waals surface area contributed by atoms with Gasteiger partial charge < -0.3 is 29.7 Å². The molecule has 5 aromatic carbocycles. The fourth-order valence-corrected chi connectivity index (χ4v) is 12.9. The van der Waals surface area contributed by atoms with Crippen molar-refractivity contribution in [1.82, 2.24) is 15.2 Å². The first-order valence-corrected chi connectivity index (χ1v) is 26.9. The summed E-state index contributed by atoms with van der Waals surface area (Å²) in [5, 5.41) is 12.3. The number of oxime groups is 1. The number of ether oxygens (including phenoxy) is 3. The number of esters is 2. The molecule has 2 atom stereocenters. The largest absolute Gasteiger partial charge is 0.497 e. The molecule has 0 bridgehead atoms. The number of thioether (sulfide) groups is 2. The molecule has 0 radical (unpaired) electrons. The number of nitrogens with one attached hydrogen (secondary N) is 2. The fourth-order valence-electron chi connectivity index (χ4n) is 8.37. The third-order valence-corrected chi connectivity index (χ3v) is 16.2. The molecule has 2 aromatic heterocycles. The maximum atomic E-state index is 14.6. The Kier molecular flexibility index (Phi) is 15.6. The number of carbonyl (C=O) groups excluding carboxylic acids is 4. The summed E-state index contributed by atoms with van der Waals surface area (Å²) < 4.78 is 31.8. The molecule has 2 aliphatic rings. The van der Waals surface area contributed by atoms with E-state index >= 15 is 0 Å². The second-order valence-corrected chi connectivity index (χ2v) is 22.2. The molecule has 9 rings (SSSR count). The van der Waals surface area contributed by atoms with E-state index in [1.807, 2.05) is 91.0 Å². The summed E-state index contributed by atoms with van der Waals surface area (Å²) in [4.78, 5) is 80.6. The number of carbonyl (C=O) groups is 4. The summed E-state index contributed by atoms with van der Waals surface area (Å²) in [5.74, 6) is -2.31. The van der Waals surface area contributed by atoms with Crippen LogP contribution in [0, 0.1) is 5.82 Å². The summed E-state index contributed by atoms with van der Waals surface area (Å²) >= 11 is 5.07. The van der Waals surface area contributed by atoms with Crippen LogP contribution in [-0.2, 0) is 45.6 Å². The highest BCUT2D eigenvalue weighted by Gasteiger charge is 2.55. The van der Waals surface area contributed by atoms with E-state index in [1.54, 1.807) is 57.5 Å². The van der Waals surface area contributed by atoms with Crippen molar-refractivity contribution >= 4 is 90.9 Å². The third kappa shape index (κ3) is 11.4. The maximum absolute atomic E-state index is 14.6. The van der Waals surface area contributed by atoms with Gasteiger partial charge in [0.1, 0.15) is 52.1 Å². The molecule has 1 fully saturated rings. The Labute approximate surface area is 442 Å². The van der Waals surface area contributed by atoms with Crippen LogP contribution in [0.4, 0.5) is 9.52 Å². The first-order chi connectivity index (χ1) is 35.7.